The maximum atomic E-state index is 13.3. The fourth-order valence-corrected chi connectivity index (χ4v) is 1.97. The highest BCUT2D eigenvalue weighted by Crippen LogP contribution is 2.35. The maximum absolute atomic E-state index is 13.3. The summed E-state index contributed by atoms with van der Waals surface area (Å²) in [5.74, 6) is -10.7. The van der Waals surface area contributed by atoms with Gasteiger partial charge < -0.3 is 0 Å². The van der Waals surface area contributed by atoms with Gasteiger partial charge in [-0.05, 0) is 22.0 Å². The summed E-state index contributed by atoms with van der Waals surface area (Å²) in [7, 11) is 0. The van der Waals surface area contributed by atoms with Crippen molar-refractivity contribution in [2.24, 2.45) is 0 Å². The fraction of sp³-hybridized carbons (Fsp3) is 0. The average Bonchev–Trinajstić information content (AvgIpc) is 2.30. The molecule has 0 aromatic heterocycles. The molecule has 17 heavy (non-hydrogen) atoms. The summed E-state index contributed by atoms with van der Waals surface area (Å²) in [6.07, 6.45) is 0. The van der Waals surface area contributed by atoms with E-state index in [1.807, 2.05) is 0 Å². The number of rotatable bonds is 0. The van der Waals surface area contributed by atoms with Crippen LogP contribution in [-0.2, 0) is 0 Å². The molecule has 0 aliphatic carbocycles. The predicted octanol–water partition coefficient (Wildman–Crippen LogP) is 4.44. The van der Waals surface area contributed by atoms with Crippen LogP contribution in [0.15, 0.2) is 10.5 Å². The zero-order valence-electron chi connectivity index (χ0n) is 7.72. The second kappa shape index (κ2) is 3.90. The molecule has 0 nitrogen and oxygen atoms in total. The normalized spacial score (nSPS) is 11.2. The van der Waals surface area contributed by atoms with E-state index in [1.165, 1.54) is 0 Å². The van der Waals surface area contributed by atoms with Crippen molar-refractivity contribution in [2.45, 2.75) is 0 Å². The Morgan fingerprint density at radius 2 is 1.29 bits per heavy atom. The highest BCUT2D eigenvalue weighted by Gasteiger charge is 2.24. The zero-order valence-corrected chi connectivity index (χ0v) is 9.31. The second-order valence-corrected chi connectivity index (χ2v) is 3.96. The average molecular weight is 315 g/mol. The van der Waals surface area contributed by atoms with E-state index < -0.39 is 50.1 Å². The Bertz CT molecular complexity index is 629. The van der Waals surface area contributed by atoms with E-state index in [9.17, 15) is 26.3 Å². The Balaban J connectivity index is 3.12. The molecule has 0 heterocycles. The first-order valence-corrected chi connectivity index (χ1v) is 4.94. The Labute approximate surface area is 99.0 Å². The molecule has 7 heteroatoms. The Hall–Kier alpha value is -1.24. The van der Waals surface area contributed by atoms with Crippen LogP contribution in [0.4, 0.5) is 26.3 Å². The van der Waals surface area contributed by atoms with Crippen molar-refractivity contribution in [3.05, 3.63) is 45.4 Å². The lowest BCUT2D eigenvalue weighted by atomic mass is 10.1. The summed E-state index contributed by atoms with van der Waals surface area (Å²) in [6.45, 7) is 0. The van der Waals surface area contributed by atoms with Crippen LogP contribution >= 0.6 is 15.9 Å². The van der Waals surface area contributed by atoms with Gasteiger partial charge in [0.25, 0.3) is 0 Å². The van der Waals surface area contributed by atoms with Crippen molar-refractivity contribution in [2.75, 3.05) is 0 Å². The van der Waals surface area contributed by atoms with E-state index in [0.29, 0.717) is 0 Å². The van der Waals surface area contributed by atoms with Crippen LogP contribution in [0.3, 0.4) is 0 Å². The summed E-state index contributed by atoms with van der Waals surface area (Å²) in [4.78, 5) is 0. The summed E-state index contributed by atoms with van der Waals surface area (Å²) in [5.41, 5.74) is 0. The van der Waals surface area contributed by atoms with Crippen LogP contribution < -0.4 is 0 Å². The molecule has 0 aliphatic rings. The van der Waals surface area contributed by atoms with E-state index in [-0.39, 0.29) is 6.07 Å². The van der Waals surface area contributed by atoms with Gasteiger partial charge in [-0.2, -0.15) is 0 Å². The van der Waals surface area contributed by atoms with Crippen LogP contribution in [0.2, 0.25) is 0 Å². The van der Waals surface area contributed by atoms with E-state index in [0.717, 1.165) is 0 Å². The number of halogens is 7. The van der Waals surface area contributed by atoms with E-state index in [2.05, 4.69) is 15.9 Å². The molecule has 0 bridgehead atoms. The van der Waals surface area contributed by atoms with Crippen molar-refractivity contribution in [1.82, 2.24) is 0 Å². The third-order valence-corrected chi connectivity index (χ3v) is 2.94. The molecule has 0 radical (unpaired) electrons. The standard InChI is InChI=1S/C10HBrF6/c11-5-4-2(6(13)10(17)9(5)16)1-3(12)7(14)8(4)15/h1H. The first-order valence-electron chi connectivity index (χ1n) is 4.15. The molecule has 0 saturated heterocycles. The number of benzene rings is 2. The lowest BCUT2D eigenvalue weighted by Crippen LogP contribution is -2.00. The second-order valence-electron chi connectivity index (χ2n) is 3.16. The number of hydrogen-bond acceptors (Lipinski definition) is 0. The predicted molar refractivity (Wildman–Crippen MR) is 51.4 cm³/mol. The number of hydrogen-bond donors (Lipinski definition) is 0. The Morgan fingerprint density at radius 1 is 0.706 bits per heavy atom. The summed E-state index contributed by atoms with van der Waals surface area (Å²) in [5, 5.41) is -1.77. The first kappa shape index (κ1) is 12.2. The van der Waals surface area contributed by atoms with Crippen molar-refractivity contribution >= 4 is 26.7 Å². The molecule has 0 spiro atoms. The lowest BCUT2D eigenvalue weighted by molar-refractivity contribution is 0.439. The molecule has 0 atom stereocenters. The minimum absolute atomic E-state index is 0.260. The van der Waals surface area contributed by atoms with Crippen LogP contribution in [0.5, 0.6) is 0 Å². The third kappa shape index (κ3) is 1.60. The van der Waals surface area contributed by atoms with Gasteiger partial charge in [0, 0.05) is 10.8 Å². The molecule has 0 aliphatic heterocycles. The fourth-order valence-electron chi connectivity index (χ4n) is 1.40. The zero-order chi connectivity index (χ0) is 12.9. The van der Waals surface area contributed by atoms with Crippen LogP contribution in [0.25, 0.3) is 10.8 Å². The molecule has 0 N–H and O–H groups in total. The molecule has 2 rings (SSSR count). The third-order valence-electron chi connectivity index (χ3n) is 2.20. The maximum Gasteiger partial charge on any atom is 0.196 e. The van der Waals surface area contributed by atoms with Crippen LogP contribution in [-0.4, -0.2) is 0 Å². The van der Waals surface area contributed by atoms with Crippen molar-refractivity contribution < 1.29 is 26.3 Å². The smallest absolute Gasteiger partial charge is 0.196 e. The topological polar surface area (TPSA) is 0 Å². The van der Waals surface area contributed by atoms with Crippen molar-refractivity contribution in [1.29, 1.82) is 0 Å². The molecular formula is C10HBrF6. The van der Waals surface area contributed by atoms with Crippen molar-refractivity contribution in [3.8, 4) is 0 Å². The molecule has 0 saturated carbocycles. The molecule has 0 unspecified atom stereocenters. The van der Waals surface area contributed by atoms with Gasteiger partial charge in [0.1, 0.15) is 0 Å². The first-order chi connectivity index (χ1) is 7.86. The molecule has 90 valence electrons. The van der Waals surface area contributed by atoms with Gasteiger partial charge in [-0.1, -0.05) is 0 Å². The molecule has 0 fully saturated rings. The Kier molecular flexibility index (Phi) is 2.81. The molecule has 2 aromatic rings. The molecule has 0 amide bonds. The van der Waals surface area contributed by atoms with Crippen LogP contribution in [0.1, 0.15) is 0 Å². The van der Waals surface area contributed by atoms with Gasteiger partial charge in [0.2, 0.25) is 0 Å². The highest BCUT2D eigenvalue weighted by atomic mass is 79.9. The molecular weight excluding hydrogens is 314 g/mol. The summed E-state index contributed by atoms with van der Waals surface area (Å²) >= 11 is 2.46. The summed E-state index contributed by atoms with van der Waals surface area (Å²) in [6, 6.07) is 0.260. The minimum atomic E-state index is -1.89. The van der Waals surface area contributed by atoms with Gasteiger partial charge in [0.15, 0.2) is 34.9 Å². The monoisotopic (exact) mass is 314 g/mol. The largest absolute Gasteiger partial charge is 0.204 e. The van der Waals surface area contributed by atoms with Gasteiger partial charge in [-0.3, -0.25) is 0 Å². The van der Waals surface area contributed by atoms with E-state index in [1.54, 1.807) is 0 Å². The van der Waals surface area contributed by atoms with Gasteiger partial charge >= 0.3 is 0 Å². The van der Waals surface area contributed by atoms with Crippen LogP contribution in [0, 0.1) is 34.9 Å². The van der Waals surface area contributed by atoms with Gasteiger partial charge in [-0.25, -0.2) is 26.3 Å². The quantitative estimate of drug-likeness (QED) is 0.383. The highest BCUT2D eigenvalue weighted by molar-refractivity contribution is 9.10. The lowest BCUT2D eigenvalue weighted by Gasteiger charge is -2.07. The summed E-state index contributed by atoms with van der Waals surface area (Å²) < 4.78 is 77.5. The SMILES string of the molecule is Fc1cc2c(F)c(F)c(F)c(Br)c2c(F)c1F. The number of fused-ring (bicyclic) bond motifs is 1. The van der Waals surface area contributed by atoms with E-state index >= 15 is 0 Å². The molecule has 2 aromatic carbocycles. The van der Waals surface area contributed by atoms with Gasteiger partial charge in [-0.15, -0.1) is 0 Å². The van der Waals surface area contributed by atoms with Crippen molar-refractivity contribution in [3.63, 3.8) is 0 Å². The minimum Gasteiger partial charge on any atom is -0.204 e. The Morgan fingerprint density at radius 3 is 1.88 bits per heavy atom. The van der Waals surface area contributed by atoms with E-state index in [4.69, 9.17) is 0 Å². The van der Waals surface area contributed by atoms with Gasteiger partial charge in [0.05, 0.1) is 4.47 Å².